The highest BCUT2D eigenvalue weighted by atomic mass is 79.9. The molecule has 0 aliphatic rings. The van der Waals surface area contributed by atoms with E-state index < -0.39 is 10.0 Å². The van der Waals surface area contributed by atoms with E-state index in [9.17, 15) is 8.42 Å². The molecule has 0 fully saturated rings. The van der Waals surface area contributed by atoms with E-state index in [1.54, 1.807) is 24.3 Å². The molecule has 1 heterocycles. The number of sulfonamides is 1. The lowest BCUT2D eigenvalue weighted by Gasteiger charge is -2.12. The van der Waals surface area contributed by atoms with Gasteiger partial charge in [0.05, 0.1) is 10.9 Å². The molecule has 96 valence electrons. The number of halogens is 1. The first kappa shape index (κ1) is 13.7. The van der Waals surface area contributed by atoms with Crippen LogP contribution in [0.5, 0.6) is 0 Å². The number of nitrogens with one attached hydrogen (secondary N) is 1. The van der Waals surface area contributed by atoms with Crippen LogP contribution < -0.4 is 4.72 Å². The quantitative estimate of drug-likeness (QED) is 0.920. The third-order valence-electron chi connectivity index (χ3n) is 2.43. The fourth-order valence-corrected chi connectivity index (χ4v) is 3.81. The second-order valence-corrected chi connectivity index (χ2v) is 7.42. The Kier molecular flexibility index (Phi) is 4.21. The molecule has 0 unspecified atom stereocenters. The summed E-state index contributed by atoms with van der Waals surface area (Å²) in [5.74, 6) is 0. The molecular formula is C12H12BrNO2S2. The number of hydrogen-bond donors (Lipinski definition) is 1. The van der Waals surface area contributed by atoms with E-state index in [2.05, 4.69) is 20.7 Å². The Hall–Kier alpha value is -0.690. The average molecular weight is 346 g/mol. The van der Waals surface area contributed by atoms with E-state index in [1.807, 2.05) is 24.4 Å². The van der Waals surface area contributed by atoms with Gasteiger partial charge in [-0.2, -0.15) is 0 Å². The van der Waals surface area contributed by atoms with Crippen molar-refractivity contribution in [3.05, 3.63) is 51.1 Å². The zero-order chi connectivity index (χ0) is 13.2. The Balaban J connectivity index is 2.20. The van der Waals surface area contributed by atoms with Gasteiger partial charge in [-0.05, 0) is 42.6 Å². The smallest absolute Gasteiger partial charge is 0.207 e. The lowest BCUT2D eigenvalue weighted by Crippen LogP contribution is -2.26. The zero-order valence-electron chi connectivity index (χ0n) is 9.63. The van der Waals surface area contributed by atoms with Crippen molar-refractivity contribution in [1.29, 1.82) is 0 Å². The summed E-state index contributed by atoms with van der Waals surface area (Å²) >= 11 is 4.82. The normalized spacial score (nSPS) is 13.4. The third-order valence-corrected chi connectivity index (χ3v) is 5.57. The summed E-state index contributed by atoms with van der Waals surface area (Å²) in [5.41, 5.74) is 0. The Morgan fingerprint density at radius 2 is 1.89 bits per heavy atom. The van der Waals surface area contributed by atoms with Crippen molar-refractivity contribution in [2.24, 2.45) is 0 Å². The van der Waals surface area contributed by atoms with Gasteiger partial charge in [0.1, 0.15) is 0 Å². The minimum Gasteiger partial charge on any atom is -0.207 e. The molecule has 0 bridgehead atoms. The first-order valence-electron chi connectivity index (χ1n) is 5.30. The minimum absolute atomic E-state index is 0.223. The minimum atomic E-state index is -3.47. The maximum atomic E-state index is 12.1. The van der Waals surface area contributed by atoms with Crippen molar-refractivity contribution in [2.75, 3.05) is 0 Å². The van der Waals surface area contributed by atoms with Crippen LogP contribution in [0, 0.1) is 0 Å². The van der Waals surface area contributed by atoms with Crippen LogP contribution in [0.2, 0.25) is 0 Å². The van der Waals surface area contributed by atoms with Crippen molar-refractivity contribution in [2.45, 2.75) is 17.9 Å². The topological polar surface area (TPSA) is 46.2 Å². The maximum absolute atomic E-state index is 12.1. The predicted molar refractivity (Wildman–Crippen MR) is 77.2 cm³/mol. The van der Waals surface area contributed by atoms with E-state index in [-0.39, 0.29) is 10.9 Å². The van der Waals surface area contributed by atoms with Crippen molar-refractivity contribution >= 4 is 37.3 Å². The Morgan fingerprint density at radius 3 is 2.44 bits per heavy atom. The highest BCUT2D eigenvalue weighted by Gasteiger charge is 2.18. The van der Waals surface area contributed by atoms with Crippen molar-refractivity contribution in [3.63, 3.8) is 0 Å². The SMILES string of the molecule is C[C@H](NS(=O)(=O)c1ccc(Br)cc1)c1cccs1. The summed E-state index contributed by atoms with van der Waals surface area (Å²) < 4.78 is 27.8. The van der Waals surface area contributed by atoms with E-state index >= 15 is 0 Å². The molecule has 0 saturated heterocycles. The average Bonchev–Trinajstić information content (AvgIpc) is 2.82. The van der Waals surface area contributed by atoms with Crippen LogP contribution in [0.25, 0.3) is 0 Å². The van der Waals surface area contributed by atoms with Crippen LogP contribution in [-0.4, -0.2) is 8.42 Å². The molecule has 18 heavy (non-hydrogen) atoms. The van der Waals surface area contributed by atoms with Crippen LogP contribution in [0.3, 0.4) is 0 Å². The number of thiophene rings is 1. The van der Waals surface area contributed by atoms with Gasteiger partial charge in [-0.15, -0.1) is 11.3 Å². The van der Waals surface area contributed by atoms with Gasteiger partial charge in [0.2, 0.25) is 10.0 Å². The summed E-state index contributed by atoms with van der Waals surface area (Å²) in [4.78, 5) is 1.27. The number of benzene rings is 1. The van der Waals surface area contributed by atoms with Gasteiger partial charge in [0, 0.05) is 9.35 Å². The summed E-state index contributed by atoms with van der Waals surface area (Å²) in [6, 6.07) is 10.2. The molecule has 2 aromatic rings. The van der Waals surface area contributed by atoms with E-state index in [4.69, 9.17) is 0 Å². The molecule has 3 nitrogen and oxygen atoms in total. The summed E-state index contributed by atoms with van der Waals surface area (Å²) in [6.45, 7) is 1.84. The van der Waals surface area contributed by atoms with E-state index in [1.165, 1.54) is 11.3 Å². The molecule has 0 radical (unpaired) electrons. The summed E-state index contributed by atoms with van der Waals surface area (Å²) in [6.07, 6.45) is 0. The molecule has 6 heteroatoms. The standard InChI is InChI=1S/C12H12BrNO2S2/c1-9(12-3-2-8-17-12)14-18(15,16)11-6-4-10(13)5-7-11/h2-9,14H,1H3/t9-/m0/s1. The molecule has 1 N–H and O–H groups in total. The van der Waals surface area contributed by atoms with Crippen molar-refractivity contribution in [3.8, 4) is 0 Å². The molecule has 1 atom stereocenters. The molecule has 0 saturated carbocycles. The molecule has 1 aromatic heterocycles. The van der Waals surface area contributed by atoms with Crippen LogP contribution in [0.15, 0.2) is 51.1 Å². The largest absolute Gasteiger partial charge is 0.241 e. The van der Waals surface area contributed by atoms with Crippen LogP contribution >= 0.6 is 27.3 Å². The molecule has 0 amide bonds. The predicted octanol–water partition coefficient (Wildman–Crippen LogP) is 3.55. The van der Waals surface area contributed by atoms with Crippen LogP contribution in [0.4, 0.5) is 0 Å². The van der Waals surface area contributed by atoms with Gasteiger partial charge < -0.3 is 0 Å². The van der Waals surface area contributed by atoms with Gasteiger partial charge in [-0.1, -0.05) is 22.0 Å². The van der Waals surface area contributed by atoms with Crippen molar-refractivity contribution in [1.82, 2.24) is 4.72 Å². The Morgan fingerprint density at radius 1 is 1.22 bits per heavy atom. The van der Waals surface area contributed by atoms with Gasteiger partial charge in [-0.3, -0.25) is 0 Å². The first-order chi connectivity index (χ1) is 8.49. The molecule has 0 aliphatic carbocycles. The Bertz CT molecular complexity index is 606. The molecule has 0 spiro atoms. The van der Waals surface area contributed by atoms with Gasteiger partial charge >= 0.3 is 0 Å². The highest BCUT2D eigenvalue weighted by molar-refractivity contribution is 9.10. The number of hydrogen-bond acceptors (Lipinski definition) is 3. The molecular weight excluding hydrogens is 334 g/mol. The van der Waals surface area contributed by atoms with Crippen LogP contribution in [-0.2, 0) is 10.0 Å². The second kappa shape index (κ2) is 5.52. The third kappa shape index (κ3) is 3.20. The van der Waals surface area contributed by atoms with E-state index in [0.717, 1.165) is 9.35 Å². The number of rotatable bonds is 4. The summed E-state index contributed by atoms with van der Waals surface area (Å²) in [5, 5.41) is 1.93. The lowest BCUT2D eigenvalue weighted by atomic mass is 10.3. The maximum Gasteiger partial charge on any atom is 0.241 e. The van der Waals surface area contributed by atoms with Gasteiger partial charge in [0.25, 0.3) is 0 Å². The van der Waals surface area contributed by atoms with Crippen LogP contribution in [0.1, 0.15) is 17.8 Å². The zero-order valence-corrected chi connectivity index (χ0v) is 12.8. The van der Waals surface area contributed by atoms with E-state index in [0.29, 0.717) is 0 Å². The fourth-order valence-electron chi connectivity index (χ4n) is 1.51. The molecule has 1 aromatic carbocycles. The summed E-state index contributed by atoms with van der Waals surface area (Å²) in [7, 11) is -3.47. The lowest BCUT2D eigenvalue weighted by molar-refractivity contribution is 0.568. The fraction of sp³-hybridized carbons (Fsp3) is 0.167. The Labute approximate surface area is 119 Å². The molecule has 0 aliphatic heterocycles. The van der Waals surface area contributed by atoms with Gasteiger partial charge in [-0.25, -0.2) is 13.1 Å². The highest BCUT2D eigenvalue weighted by Crippen LogP contribution is 2.21. The second-order valence-electron chi connectivity index (χ2n) is 3.81. The molecule has 2 rings (SSSR count). The monoisotopic (exact) mass is 345 g/mol. The van der Waals surface area contributed by atoms with Crippen molar-refractivity contribution < 1.29 is 8.42 Å². The van der Waals surface area contributed by atoms with Gasteiger partial charge in [0.15, 0.2) is 0 Å². The first-order valence-corrected chi connectivity index (χ1v) is 8.46.